The maximum Gasteiger partial charge on any atom is 0.0686 e. The number of thiophene rings is 1. The van der Waals surface area contributed by atoms with Crippen molar-refractivity contribution in [2.24, 2.45) is 0 Å². The molecule has 0 bridgehead atoms. The second-order valence-electron chi connectivity index (χ2n) is 4.39. The third kappa shape index (κ3) is 2.94. The Morgan fingerprint density at radius 2 is 2.00 bits per heavy atom. The zero-order valence-corrected chi connectivity index (χ0v) is 12.3. The minimum absolute atomic E-state index is 0.206. The van der Waals surface area contributed by atoms with Gasteiger partial charge in [0.05, 0.1) is 11.1 Å². The van der Waals surface area contributed by atoms with Crippen LogP contribution in [0.5, 0.6) is 0 Å². The van der Waals surface area contributed by atoms with Gasteiger partial charge in [-0.15, -0.1) is 11.3 Å². The maximum absolute atomic E-state index is 6.40. The summed E-state index contributed by atoms with van der Waals surface area (Å²) in [5.41, 5.74) is 2.44. The van der Waals surface area contributed by atoms with Crippen LogP contribution in [-0.2, 0) is 0 Å². The third-order valence-corrected chi connectivity index (χ3v) is 4.70. The van der Waals surface area contributed by atoms with Crippen molar-refractivity contribution >= 4 is 22.9 Å². The minimum atomic E-state index is 0.206. The van der Waals surface area contributed by atoms with Crippen LogP contribution in [0.25, 0.3) is 0 Å². The Kier molecular flexibility index (Phi) is 4.81. The van der Waals surface area contributed by atoms with Gasteiger partial charge in [-0.25, -0.2) is 0 Å². The Balaban J connectivity index is 2.34. The summed E-state index contributed by atoms with van der Waals surface area (Å²) < 4.78 is 0. The minimum Gasteiger partial charge on any atom is -0.306 e. The lowest BCUT2D eigenvalue weighted by Crippen LogP contribution is -2.22. The molecule has 0 fully saturated rings. The van der Waals surface area contributed by atoms with E-state index < -0.39 is 0 Å². The average molecular weight is 280 g/mol. The van der Waals surface area contributed by atoms with E-state index in [1.54, 1.807) is 11.3 Å². The highest BCUT2D eigenvalue weighted by atomic mass is 35.5. The van der Waals surface area contributed by atoms with E-state index in [-0.39, 0.29) is 6.04 Å². The molecule has 0 radical (unpaired) electrons. The lowest BCUT2D eigenvalue weighted by molar-refractivity contribution is 0.606. The molecule has 0 aliphatic carbocycles. The largest absolute Gasteiger partial charge is 0.306 e. The maximum atomic E-state index is 6.40. The van der Waals surface area contributed by atoms with E-state index >= 15 is 0 Å². The van der Waals surface area contributed by atoms with Crippen LogP contribution in [-0.4, -0.2) is 6.54 Å². The van der Waals surface area contributed by atoms with Crippen LogP contribution >= 0.6 is 22.9 Å². The van der Waals surface area contributed by atoms with Gasteiger partial charge in [0.25, 0.3) is 0 Å². The molecule has 0 amide bonds. The van der Waals surface area contributed by atoms with E-state index in [4.69, 9.17) is 11.6 Å². The molecule has 1 atom stereocenters. The Morgan fingerprint density at radius 1 is 1.28 bits per heavy atom. The number of aryl methyl sites for hydroxylation is 1. The van der Waals surface area contributed by atoms with Gasteiger partial charge in [-0.1, -0.05) is 48.9 Å². The van der Waals surface area contributed by atoms with Crippen LogP contribution < -0.4 is 5.32 Å². The van der Waals surface area contributed by atoms with Gasteiger partial charge in [0.15, 0.2) is 0 Å². The molecular weight excluding hydrogens is 262 g/mol. The van der Waals surface area contributed by atoms with Crippen molar-refractivity contribution in [3.05, 3.63) is 56.7 Å². The van der Waals surface area contributed by atoms with Gasteiger partial charge in [-0.3, -0.25) is 0 Å². The molecule has 96 valence electrons. The van der Waals surface area contributed by atoms with Crippen LogP contribution in [0.1, 0.15) is 35.4 Å². The van der Waals surface area contributed by atoms with Crippen molar-refractivity contribution < 1.29 is 0 Å². The molecular formula is C15H18ClNS. The van der Waals surface area contributed by atoms with E-state index in [1.807, 2.05) is 6.07 Å². The zero-order chi connectivity index (χ0) is 13.0. The highest BCUT2D eigenvalue weighted by molar-refractivity contribution is 7.10. The molecule has 18 heavy (non-hydrogen) atoms. The van der Waals surface area contributed by atoms with Gasteiger partial charge in [-0.05, 0) is 36.4 Å². The van der Waals surface area contributed by atoms with Gasteiger partial charge in [0.1, 0.15) is 0 Å². The second kappa shape index (κ2) is 6.37. The molecule has 2 rings (SSSR count). The van der Waals surface area contributed by atoms with E-state index in [0.717, 1.165) is 23.6 Å². The molecule has 0 aliphatic rings. The zero-order valence-electron chi connectivity index (χ0n) is 10.7. The number of nitrogens with one attached hydrogen (secondary N) is 1. The van der Waals surface area contributed by atoms with Crippen molar-refractivity contribution in [2.45, 2.75) is 26.3 Å². The molecule has 1 nitrogen and oxygen atoms in total. The summed E-state index contributed by atoms with van der Waals surface area (Å²) in [5.74, 6) is 0. The first-order valence-electron chi connectivity index (χ1n) is 6.25. The SMILES string of the molecule is CCCNC(c1ccccc1)c1scc(C)c1Cl. The van der Waals surface area contributed by atoms with Gasteiger partial charge < -0.3 is 5.32 Å². The van der Waals surface area contributed by atoms with Crippen LogP contribution in [0, 0.1) is 6.92 Å². The number of hydrogen-bond donors (Lipinski definition) is 1. The van der Waals surface area contributed by atoms with Gasteiger partial charge in [0.2, 0.25) is 0 Å². The van der Waals surface area contributed by atoms with Crippen molar-refractivity contribution in [1.82, 2.24) is 5.32 Å². The Bertz CT molecular complexity index is 492. The van der Waals surface area contributed by atoms with Gasteiger partial charge in [0, 0.05) is 4.88 Å². The van der Waals surface area contributed by atoms with Crippen LogP contribution in [0.3, 0.4) is 0 Å². The molecule has 0 spiro atoms. The summed E-state index contributed by atoms with van der Waals surface area (Å²) in [6.07, 6.45) is 1.12. The van der Waals surface area contributed by atoms with Gasteiger partial charge >= 0.3 is 0 Å². The lowest BCUT2D eigenvalue weighted by atomic mass is 10.0. The second-order valence-corrected chi connectivity index (χ2v) is 5.68. The van der Waals surface area contributed by atoms with Crippen molar-refractivity contribution in [3.8, 4) is 0 Å². The van der Waals surface area contributed by atoms with Gasteiger partial charge in [-0.2, -0.15) is 0 Å². The Hall–Kier alpha value is -0.830. The number of rotatable bonds is 5. The molecule has 1 aromatic carbocycles. The summed E-state index contributed by atoms with van der Waals surface area (Å²) in [6.45, 7) is 5.23. The van der Waals surface area contributed by atoms with Crippen molar-refractivity contribution in [2.75, 3.05) is 6.54 Å². The molecule has 0 saturated heterocycles. The molecule has 1 aromatic heterocycles. The fourth-order valence-electron chi connectivity index (χ4n) is 1.94. The van der Waals surface area contributed by atoms with E-state index in [2.05, 4.69) is 48.8 Å². The number of halogens is 1. The first-order valence-corrected chi connectivity index (χ1v) is 7.51. The molecule has 1 N–H and O–H groups in total. The van der Waals surface area contributed by atoms with Crippen molar-refractivity contribution in [3.63, 3.8) is 0 Å². The molecule has 0 saturated carbocycles. The standard InChI is InChI=1S/C15H18ClNS/c1-3-9-17-14(12-7-5-4-6-8-12)15-13(16)11(2)10-18-15/h4-8,10,14,17H,3,9H2,1-2H3. The normalized spacial score (nSPS) is 12.6. The van der Waals surface area contributed by atoms with Crippen LogP contribution in [0.2, 0.25) is 5.02 Å². The molecule has 1 unspecified atom stereocenters. The van der Waals surface area contributed by atoms with Crippen molar-refractivity contribution in [1.29, 1.82) is 0 Å². The summed E-state index contributed by atoms with van der Waals surface area (Å²) in [4.78, 5) is 1.22. The fourth-order valence-corrected chi connectivity index (χ4v) is 3.34. The summed E-state index contributed by atoms with van der Waals surface area (Å²) in [6, 6.07) is 10.7. The Morgan fingerprint density at radius 3 is 2.56 bits per heavy atom. The highest BCUT2D eigenvalue weighted by Gasteiger charge is 2.18. The van der Waals surface area contributed by atoms with Crippen LogP contribution in [0.15, 0.2) is 35.7 Å². The number of hydrogen-bond acceptors (Lipinski definition) is 2. The molecule has 1 heterocycles. The number of benzene rings is 1. The summed E-state index contributed by atoms with van der Waals surface area (Å²) >= 11 is 8.14. The molecule has 2 aromatic rings. The quantitative estimate of drug-likeness (QED) is 0.829. The van der Waals surface area contributed by atoms with E-state index in [1.165, 1.54) is 10.4 Å². The lowest BCUT2D eigenvalue weighted by Gasteiger charge is -2.18. The first kappa shape index (κ1) is 13.6. The highest BCUT2D eigenvalue weighted by Crippen LogP contribution is 2.35. The van der Waals surface area contributed by atoms with Crippen LogP contribution in [0.4, 0.5) is 0 Å². The van der Waals surface area contributed by atoms with E-state index in [9.17, 15) is 0 Å². The molecule has 0 aliphatic heterocycles. The predicted octanol–water partition coefficient (Wildman–Crippen LogP) is 4.80. The predicted molar refractivity (Wildman–Crippen MR) is 80.6 cm³/mol. The Labute approximate surface area is 118 Å². The molecule has 3 heteroatoms. The smallest absolute Gasteiger partial charge is 0.0686 e. The monoisotopic (exact) mass is 279 g/mol. The fraction of sp³-hybridized carbons (Fsp3) is 0.333. The summed E-state index contributed by atoms with van der Waals surface area (Å²) in [7, 11) is 0. The average Bonchev–Trinajstić information content (AvgIpc) is 2.73. The third-order valence-electron chi connectivity index (χ3n) is 2.92. The first-order chi connectivity index (χ1) is 8.74. The topological polar surface area (TPSA) is 12.0 Å². The van der Waals surface area contributed by atoms with E-state index in [0.29, 0.717) is 0 Å². The summed E-state index contributed by atoms with van der Waals surface area (Å²) in [5, 5.41) is 6.61.